The molecular formula is C34H34Cl3N3O7S. The van der Waals surface area contributed by atoms with E-state index in [4.69, 9.17) is 49.0 Å². The van der Waals surface area contributed by atoms with E-state index in [0.717, 1.165) is 9.87 Å². The zero-order chi connectivity index (χ0) is 35.0. The van der Waals surface area contributed by atoms with Gasteiger partial charge in [0, 0.05) is 31.1 Å². The van der Waals surface area contributed by atoms with Crippen LogP contribution < -0.4 is 23.8 Å². The summed E-state index contributed by atoms with van der Waals surface area (Å²) in [7, 11) is 1.12. The van der Waals surface area contributed by atoms with E-state index >= 15 is 0 Å². The summed E-state index contributed by atoms with van der Waals surface area (Å²) in [5.41, 5.74) is 1.35. The molecule has 0 saturated carbocycles. The number of ether oxygens (including phenoxy) is 3. The number of nitrogens with zero attached hydrogens (tertiary/aromatic N) is 2. The molecule has 10 nitrogen and oxygen atoms in total. The molecule has 2 amide bonds. The van der Waals surface area contributed by atoms with Crippen LogP contribution >= 0.6 is 34.8 Å². The number of methoxy groups -OCH3 is 3. The molecule has 1 atom stereocenters. The number of amides is 2. The third-order valence-corrected chi connectivity index (χ3v) is 10.2. The van der Waals surface area contributed by atoms with Crippen molar-refractivity contribution in [2.75, 3.05) is 39.2 Å². The van der Waals surface area contributed by atoms with E-state index in [2.05, 4.69) is 5.32 Å². The minimum atomic E-state index is -4.51. The number of benzene rings is 4. The van der Waals surface area contributed by atoms with Gasteiger partial charge < -0.3 is 24.4 Å². The van der Waals surface area contributed by atoms with Crippen LogP contribution in [0.15, 0.2) is 89.8 Å². The van der Waals surface area contributed by atoms with E-state index in [1.807, 2.05) is 30.3 Å². The van der Waals surface area contributed by atoms with Crippen molar-refractivity contribution in [3.05, 3.63) is 111 Å². The lowest BCUT2D eigenvalue weighted by atomic mass is 10.0. The van der Waals surface area contributed by atoms with Crippen LogP contribution in [-0.4, -0.2) is 66.1 Å². The zero-order valence-electron chi connectivity index (χ0n) is 26.6. The van der Waals surface area contributed by atoms with Crippen LogP contribution in [-0.2, 0) is 32.6 Å². The van der Waals surface area contributed by atoms with Gasteiger partial charge in [-0.25, -0.2) is 8.42 Å². The Morgan fingerprint density at radius 2 is 1.44 bits per heavy atom. The van der Waals surface area contributed by atoms with Crippen molar-refractivity contribution in [1.82, 2.24) is 10.2 Å². The van der Waals surface area contributed by atoms with Gasteiger partial charge in [-0.3, -0.25) is 13.9 Å². The van der Waals surface area contributed by atoms with E-state index in [-0.39, 0.29) is 45.1 Å². The second-order valence-corrected chi connectivity index (χ2v) is 13.5. The number of rotatable bonds is 14. The third-order valence-electron chi connectivity index (χ3n) is 7.49. The quantitative estimate of drug-likeness (QED) is 0.163. The molecule has 0 aliphatic rings. The Hall–Kier alpha value is -4.16. The van der Waals surface area contributed by atoms with E-state index in [1.165, 1.54) is 69.7 Å². The molecule has 4 rings (SSSR count). The Bertz CT molecular complexity index is 1880. The highest BCUT2D eigenvalue weighted by molar-refractivity contribution is 7.92. The average molecular weight is 735 g/mol. The lowest BCUT2D eigenvalue weighted by molar-refractivity contribution is -0.139. The molecule has 0 radical (unpaired) electrons. The minimum Gasteiger partial charge on any atom is -0.495 e. The summed E-state index contributed by atoms with van der Waals surface area (Å²) in [5, 5.41) is 3.40. The first-order valence-corrected chi connectivity index (χ1v) is 17.1. The Morgan fingerprint density at radius 1 is 0.771 bits per heavy atom. The van der Waals surface area contributed by atoms with Gasteiger partial charge in [-0.15, -0.1) is 0 Å². The summed E-state index contributed by atoms with van der Waals surface area (Å²) < 4.78 is 46.0. The van der Waals surface area contributed by atoms with Gasteiger partial charge >= 0.3 is 0 Å². The molecular weight excluding hydrogens is 701 g/mol. The average Bonchev–Trinajstić information content (AvgIpc) is 3.09. The lowest BCUT2D eigenvalue weighted by Crippen LogP contribution is -2.53. The van der Waals surface area contributed by atoms with Crippen LogP contribution in [0, 0.1) is 0 Å². The van der Waals surface area contributed by atoms with Crippen LogP contribution in [0.1, 0.15) is 11.1 Å². The molecule has 0 saturated heterocycles. The monoisotopic (exact) mass is 733 g/mol. The number of carbonyl (C=O) groups excluding carboxylic acids is 2. The first kappa shape index (κ1) is 36.7. The maximum Gasteiger partial charge on any atom is 0.265 e. The highest BCUT2D eigenvalue weighted by Gasteiger charge is 2.36. The predicted octanol–water partition coefficient (Wildman–Crippen LogP) is 6.25. The number of halogens is 3. The first-order valence-electron chi connectivity index (χ1n) is 14.5. The van der Waals surface area contributed by atoms with Crippen molar-refractivity contribution >= 4 is 62.3 Å². The fourth-order valence-corrected chi connectivity index (χ4v) is 6.95. The molecule has 254 valence electrons. The number of hydrogen-bond acceptors (Lipinski definition) is 7. The van der Waals surface area contributed by atoms with E-state index in [9.17, 15) is 18.0 Å². The van der Waals surface area contributed by atoms with Gasteiger partial charge in [0.05, 0.1) is 42.0 Å². The van der Waals surface area contributed by atoms with Gasteiger partial charge in [0.1, 0.15) is 18.3 Å². The number of hydrogen-bond donors (Lipinski definition) is 1. The van der Waals surface area contributed by atoms with E-state index in [0.29, 0.717) is 16.3 Å². The lowest BCUT2D eigenvalue weighted by Gasteiger charge is -2.34. The van der Waals surface area contributed by atoms with Gasteiger partial charge in [-0.1, -0.05) is 71.2 Å². The largest absolute Gasteiger partial charge is 0.495 e. The van der Waals surface area contributed by atoms with Crippen LogP contribution in [0.3, 0.4) is 0 Å². The molecule has 4 aromatic rings. The van der Waals surface area contributed by atoms with E-state index in [1.54, 1.807) is 18.2 Å². The summed E-state index contributed by atoms with van der Waals surface area (Å²) in [6.45, 7) is -0.839. The van der Waals surface area contributed by atoms with Crippen LogP contribution in [0.25, 0.3) is 0 Å². The third kappa shape index (κ3) is 8.46. The highest BCUT2D eigenvalue weighted by Crippen LogP contribution is 2.37. The number of sulfonamides is 1. The Kier molecular flexibility index (Phi) is 12.4. The normalized spacial score (nSPS) is 11.7. The molecule has 4 aromatic carbocycles. The Balaban J connectivity index is 1.88. The van der Waals surface area contributed by atoms with Crippen LogP contribution in [0.5, 0.6) is 17.2 Å². The predicted molar refractivity (Wildman–Crippen MR) is 187 cm³/mol. The fraction of sp³-hybridized carbons (Fsp3) is 0.235. The van der Waals surface area contributed by atoms with Crippen molar-refractivity contribution < 1.29 is 32.2 Å². The maximum absolute atomic E-state index is 14.6. The fourth-order valence-electron chi connectivity index (χ4n) is 5.03. The summed E-state index contributed by atoms with van der Waals surface area (Å²) in [4.78, 5) is 29.2. The highest BCUT2D eigenvalue weighted by atomic mass is 35.5. The minimum absolute atomic E-state index is 0.00201. The van der Waals surface area contributed by atoms with E-state index < -0.39 is 34.4 Å². The molecule has 0 aliphatic carbocycles. The van der Waals surface area contributed by atoms with Gasteiger partial charge in [-0.2, -0.15) is 0 Å². The van der Waals surface area contributed by atoms with Crippen LogP contribution in [0.2, 0.25) is 15.1 Å². The summed E-state index contributed by atoms with van der Waals surface area (Å²) in [6.07, 6.45) is 0.135. The molecule has 48 heavy (non-hydrogen) atoms. The second-order valence-electron chi connectivity index (χ2n) is 10.4. The van der Waals surface area contributed by atoms with Crippen LogP contribution in [0.4, 0.5) is 5.69 Å². The number of carbonyl (C=O) groups is 2. The maximum atomic E-state index is 14.6. The Morgan fingerprint density at radius 3 is 2.06 bits per heavy atom. The second kappa shape index (κ2) is 16.3. The number of likely N-dealkylation sites (N-methyl/N-ethyl adjacent to an activating group) is 1. The molecule has 14 heteroatoms. The van der Waals surface area contributed by atoms with Crippen molar-refractivity contribution in [2.45, 2.75) is 23.9 Å². The smallest absolute Gasteiger partial charge is 0.265 e. The van der Waals surface area contributed by atoms with Crippen molar-refractivity contribution in [2.24, 2.45) is 0 Å². The molecule has 1 N–H and O–H groups in total. The van der Waals surface area contributed by atoms with Gasteiger partial charge in [-0.05, 0) is 53.6 Å². The Labute approximate surface area is 295 Å². The topological polar surface area (TPSA) is 114 Å². The standard InChI is InChI=1S/C34H34Cl3N3O7S/c1-38-34(42)29(17-22-8-6-5-7-9-22)39(20-23-10-13-26(36)27(37)16-23)33(41)21-40(28-18-24(35)11-14-30(28)45-2)48(43,44)25-12-15-31(46-3)32(19-25)47-4/h5-16,18-19,29H,17,20-21H2,1-4H3,(H,38,42)/t29-/m1/s1. The molecule has 0 unspecified atom stereocenters. The van der Waals surface area contributed by atoms with Crippen molar-refractivity contribution in [1.29, 1.82) is 0 Å². The van der Waals surface area contributed by atoms with Crippen molar-refractivity contribution in [3.63, 3.8) is 0 Å². The van der Waals surface area contributed by atoms with Gasteiger partial charge in [0.2, 0.25) is 11.8 Å². The number of nitrogens with one attached hydrogen (secondary N) is 1. The molecule has 0 heterocycles. The molecule has 0 bridgehead atoms. The SMILES string of the molecule is CNC(=O)[C@@H](Cc1ccccc1)N(Cc1ccc(Cl)c(Cl)c1)C(=O)CN(c1cc(Cl)ccc1OC)S(=O)(=O)c1ccc(OC)c(OC)c1. The summed E-state index contributed by atoms with van der Waals surface area (Å²) >= 11 is 18.8. The summed E-state index contributed by atoms with van der Waals surface area (Å²) in [6, 6.07) is 21.4. The van der Waals surface area contributed by atoms with Crippen molar-refractivity contribution in [3.8, 4) is 17.2 Å². The van der Waals surface area contributed by atoms with Gasteiger partial charge in [0.25, 0.3) is 10.0 Å². The molecule has 0 fully saturated rings. The first-order chi connectivity index (χ1) is 22.9. The molecule has 0 aromatic heterocycles. The summed E-state index contributed by atoms with van der Waals surface area (Å²) in [5.74, 6) is -0.550. The zero-order valence-corrected chi connectivity index (χ0v) is 29.7. The number of anilines is 1. The molecule has 0 aliphatic heterocycles. The molecule has 0 spiro atoms. The van der Waals surface area contributed by atoms with Gasteiger partial charge in [0.15, 0.2) is 11.5 Å².